The van der Waals surface area contributed by atoms with Crippen LogP contribution in [0.5, 0.6) is 0 Å². The van der Waals surface area contributed by atoms with E-state index in [9.17, 15) is 0 Å². The molecule has 0 aromatic heterocycles. The molecule has 1 heterocycles. The van der Waals surface area contributed by atoms with Crippen LogP contribution in [-0.4, -0.2) is 23.4 Å². The Labute approximate surface area is 271 Å². The van der Waals surface area contributed by atoms with Crippen molar-refractivity contribution >= 4 is 6.21 Å². The number of allylic oxidation sites excluding steroid dienone is 18. The molecule has 0 bridgehead atoms. The summed E-state index contributed by atoms with van der Waals surface area (Å²) in [4.78, 5) is 0. The quantitative estimate of drug-likeness (QED) is 0.166. The third kappa shape index (κ3) is 10.6. The largest absolute Gasteiger partial charge is 0.229 e. The summed E-state index contributed by atoms with van der Waals surface area (Å²) in [7, 11) is 0. The summed E-state index contributed by atoms with van der Waals surface area (Å²) in [5.74, 6) is 0. The van der Waals surface area contributed by atoms with Crippen molar-refractivity contribution in [2.45, 2.75) is 127 Å². The second-order valence-electron chi connectivity index (χ2n) is 14.9. The van der Waals surface area contributed by atoms with Gasteiger partial charge in [-0.25, -0.2) is 4.58 Å². The fourth-order valence-corrected chi connectivity index (χ4v) is 7.10. The van der Waals surface area contributed by atoms with Gasteiger partial charge in [0, 0.05) is 18.9 Å². The van der Waals surface area contributed by atoms with E-state index in [1.165, 1.54) is 72.0 Å². The minimum atomic E-state index is 0.285. The molecule has 3 aliphatic rings. The molecule has 1 nitrogen and oxygen atoms in total. The molecule has 44 heavy (non-hydrogen) atoms. The predicted octanol–water partition coefficient (Wildman–Crippen LogP) is 12.3. The van der Waals surface area contributed by atoms with E-state index < -0.39 is 0 Å². The van der Waals surface area contributed by atoms with E-state index in [0.29, 0.717) is 6.04 Å². The summed E-state index contributed by atoms with van der Waals surface area (Å²) in [6, 6.07) is 0.381. The van der Waals surface area contributed by atoms with Crippen LogP contribution in [0.25, 0.3) is 0 Å². The molecule has 0 radical (unpaired) electrons. The zero-order valence-corrected chi connectivity index (χ0v) is 29.9. The summed E-state index contributed by atoms with van der Waals surface area (Å²) in [6.45, 7) is 24.1. The number of rotatable bonds is 11. The summed E-state index contributed by atoms with van der Waals surface area (Å²) in [6.07, 6.45) is 39.6. The molecule has 0 saturated heterocycles. The minimum Gasteiger partial charge on any atom is -0.229 e. The molecule has 1 heteroatoms. The fraction of sp³-hybridized carbons (Fsp3) is 0.512. The van der Waals surface area contributed by atoms with Gasteiger partial charge in [-0.05, 0) is 112 Å². The summed E-state index contributed by atoms with van der Waals surface area (Å²) in [5, 5.41) is 0. The van der Waals surface area contributed by atoms with Crippen LogP contribution in [0.1, 0.15) is 121 Å². The molecule has 1 atom stereocenters. The lowest BCUT2D eigenvalue weighted by molar-refractivity contribution is -0.550. The molecule has 3 rings (SSSR count). The van der Waals surface area contributed by atoms with Crippen LogP contribution in [0.3, 0.4) is 0 Å². The molecule has 0 aromatic rings. The van der Waals surface area contributed by atoms with Gasteiger partial charge in [0.15, 0.2) is 12.3 Å². The lowest BCUT2D eigenvalue weighted by Crippen LogP contribution is -2.29. The average Bonchev–Trinajstić information content (AvgIpc) is 2.93. The van der Waals surface area contributed by atoms with Crippen molar-refractivity contribution in [3.05, 3.63) is 117 Å². The van der Waals surface area contributed by atoms with Crippen molar-refractivity contribution in [3.63, 3.8) is 0 Å². The van der Waals surface area contributed by atoms with Gasteiger partial charge in [0.1, 0.15) is 6.54 Å². The predicted molar refractivity (Wildman–Crippen MR) is 196 cm³/mol. The molecule has 2 aliphatic carbocycles. The Balaban J connectivity index is 1.65. The summed E-state index contributed by atoms with van der Waals surface area (Å²) >= 11 is 0. The van der Waals surface area contributed by atoms with Gasteiger partial charge in [0.05, 0.1) is 0 Å². The van der Waals surface area contributed by atoms with Gasteiger partial charge in [-0.2, -0.15) is 0 Å². The Morgan fingerprint density at radius 3 is 1.84 bits per heavy atom. The van der Waals surface area contributed by atoms with Gasteiger partial charge >= 0.3 is 0 Å². The highest BCUT2D eigenvalue weighted by Crippen LogP contribution is 2.41. The van der Waals surface area contributed by atoms with E-state index >= 15 is 0 Å². The zero-order valence-electron chi connectivity index (χ0n) is 29.9. The van der Waals surface area contributed by atoms with Crippen LogP contribution in [0.15, 0.2) is 117 Å². The SMILES string of the molecule is CCC[N+]1=CC=C(/C=C/C=C(C)/C=C/C2=C(C)CCCC2(C)C)CC1/C=C(C)/C=C/C=C(C)/C=C/C1=C(C)CCCC1(C)C. The summed E-state index contributed by atoms with van der Waals surface area (Å²) in [5.41, 5.74) is 12.0. The Hall–Kier alpha value is -2.93. The third-order valence-corrected chi connectivity index (χ3v) is 9.79. The van der Waals surface area contributed by atoms with Crippen LogP contribution >= 0.6 is 0 Å². The van der Waals surface area contributed by atoms with Gasteiger partial charge in [-0.3, -0.25) is 0 Å². The van der Waals surface area contributed by atoms with Crippen molar-refractivity contribution in [3.8, 4) is 0 Å². The monoisotopic (exact) mass is 592 g/mol. The van der Waals surface area contributed by atoms with Crippen LogP contribution in [0.2, 0.25) is 0 Å². The minimum absolute atomic E-state index is 0.285. The standard InChI is InChI=1S/C43H62N/c1-11-29-44-30-26-38(21-13-17-34(3)23-25-41-37(6)20-15-28-43(41,9)10)32-39(44)31-35(4)18-12-16-33(2)22-24-40-36(5)19-14-27-42(40,7)8/h12-13,16-18,21-26,30-31,39H,11,14-15,19-20,27-29,32H2,1-10H3/q+1/b18-12+,21-13+,24-22+,25-23+,33-16+,34-17+,35-31+. The fourth-order valence-electron chi connectivity index (χ4n) is 7.10. The van der Waals surface area contributed by atoms with Crippen molar-refractivity contribution in [1.29, 1.82) is 0 Å². The van der Waals surface area contributed by atoms with Gasteiger partial charge in [-0.15, -0.1) is 0 Å². The van der Waals surface area contributed by atoms with Crippen molar-refractivity contribution in [2.75, 3.05) is 6.54 Å². The number of hydrogen-bond donors (Lipinski definition) is 0. The molecular weight excluding hydrogens is 530 g/mol. The lowest BCUT2D eigenvalue weighted by atomic mass is 9.72. The average molecular weight is 593 g/mol. The molecule has 1 aliphatic heterocycles. The van der Waals surface area contributed by atoms with Gasteiger partial charge in [-0.1, -0.05) is 118 Å². The Morgan fingerprint density at radius 1 is 0.773 bits per heavy atom. The highest BCUT2D eigenvalue weighted by atomic mass is 15.0. The van der Waals surface area contributed by atoms with E-state index in [-0.39, 0.29) is 10.8 Å². The first-order chi connectivity index (χ1) is 20.8. The molecule has 0 spiro atoms. The first kappa shape index (κ1) is 35.5. The second kappa shape index (κ2) is 16.4. The topological polar surface area (TPSA) is 3.01 Å². The van der Waals surface area contributed by atoms with Gasteiger partial charge in [0.25, 0.3) is 0 Å². The molecule has 0 aromatic carbocycles. The molecule has 0 amide bonds. The second-order valence-corrected chi connectivity index (χ2v) is 14.9. The van der Waals surface area contributed by atoms with Crippen LogP contribution in [0.4, 0.5) is 0 Å². The van der Waals surface area contributed by atoms with Crippen LogP contribution in [0, 0.1) is 10.8 Å². The van der Waals surface area contributed by atoms with Crippen LogP contribution in [-0.2, 0) is 0 Å². The number of hydrogen-bond acceptors (Lipinski definition) is 0. The van der Waals surface area contributed by atoms with E-state index in [2.05, 4.69) is 153 Å². The maximum atomic E-state index is 2.49. The molecule has 0 fully saturated rings. The molecular formula is C43H62N+. The normalized spacial score (nSPS) is 24.0. The van der Waals surface area contributed by atoms with Crippen LogP contribution < -0.4 is 0 Å². The Morgan fingerprint density at radius 2 is 1.32 bits per heavy atom. The molecule has 238 valence electrons. The van der Waals surface area contributed by atoms with E-state index in [1.54, 1.807) is 11.1 Å². The molecule has 1 unspecified atom stereocenters. The maximum absolute atomic E-state index is 2.49. The van der Waals surface area contributed by atoms with E-state index in [4.69, 9.17) is 0 Å². The molecule has 0 saturated carbocycles. The summed E-state index contributed by atoms with van der Waals surface area (Å²) < 4.78 is 2.49. The van der Waals surface area contributed by atoms with E-state index in [0.717, 1.165) is 19.4 Å². The first-order valence-corrected chi connectivity index (χ1v) is 17.3. The lowest BCUT2D eigenvalue weighted by Gasteiger charge is -2.33. The number of nitrogens with zero attached hydrogens (tertiary/aromatic N) is 1. The Bertz CT molecular complexity index is 1360. The first-order valence-electron chi connectivity index (χ1n) is 17.3. The van der Waals surface area contributed by atoms with Crippen molar-refractivity contribution in [2.24, 2.45) is 10.8 Å². The van der Waals surface area contributed by atoms with Gasteiger partial charge in [0.2, 0.25) is 0 Å². The maximum Gasteiger partial charge on any atom is 0.175 e. The smallest absolute Gasteiger partial charge is 0.175 e. The van der Waals surface area contributed by atoms with E-state index in [1.807, 2.05) is 0 Å². The molecule has 0 N–H and O–H groups in total. The third-order valence-electron chi connectivity index (χ3n) is 9.79. The highest BCUT2D eigenvalue weighted by molar-refractivity contribution is 5.69. The zero-order chi connectivity index (χ0) is 32.3. The Kier molecular flexibility index (Phi) is 13.2. The van der Waals surface area contributed by atoms with Crippen molar-refractivity contribution in [1.82, 2.24) is 0 Å². The van der Waals surface area contributed by atoms with Gasteiger partial charge < -0.3 is 0 Å². The van der Waals surface area contributed by atoms with Crippen molar-refractivity contribution < 1.29 is 4.58 Å². The highest BCUT2D eigenvalue weighted by Gasteiger charge is 2.27.